The number of ether oxygens (including phenoxy) is 1. The van der Waals surface area contributed by atoms with Crippen LogP contribution in [0.2, 0.25) is 0 Å². The number of alkyl halides is 3. The van der Waals surface area contributed by atoms with E-state index in [4.69, 9.17) is 0 Å². The van der Waals surface area contributed by atoms with E-state index in [9.17, 15) is 13.2 Å². The number of fused-ring (bicyclic) bond motifs is 1. The van der Waals surface area contributed by atoms with Crippen molar-refractivity contribution in [3.63, 3.8) is 0 Å². The molecule has 4 nitrogen and oxygen atoms in total. The van der Waals surface area contributed by atoms with Crippen LogP contribution in [0.25, 0.3) is 0 Å². The van der Waals surface area contributed by atoms with Crippen LogP contribution >= 0.6 is 0 Å². The van der Waals surface area contributed by atoms with Gasteiger partial charge in [0.1, 0.15) is 13.2 Å². The van der Waals surface area contributed by atoms with E-state index in [1.54, 1.807) is 0 Å². The van der Waals surface area contributed by atoms with Gasteiger partial charge in [-0.1, -0.05) is 6.92 Å². The predicted molar refractivity (Wildman–Crippen MR) is 62.5 cm³/mol. The minimum absolute atomic E-state index is 0.201. The van der Waals surface area contributed by atoms with Crippen molar-refractivity contribution in [2.45, 2.75) is 39.1 Å². The van der Waals surface area contributed by atoms with E-state index in [-0.39, 0.29) is 6.61 Å². The van der Waals surface area contributed by atoms with E-state index < -0.39 is 12.8 Å². The molecule has 0 amide bonds. The SMILES string of the molecule is CCc1nc(COCC(F)(F)F)nc2c1CNCC2. The Bertz CT molecular complexity index is 431. The molecule has 0 aromatic carbocycles. The first-order valence-electron chi connectivity index (χ1n) is 6.22. The van der Waals surface area contributed by atoms with Crippen LogP contribution in [0.1, 0.15) is 29.7 Å². The first-order chi connectivity index (χ1) is 8.99. The predicted octanol–water partition coefficient (Wildman–Crippen LogP) is 1.76. The van der Waals surface area contributed by atoms with Gasteiger partial charge in [0.2, 0.25) is 0 Å². The number of aryl methyl sites for hydroxylation is 1. The van der Waals surface area contributed by atoms with Gasteiger partial charge in [-0.3, -0.25) is 0 Å². The van der Waals surface area contributed by atoms with Crippen LogP contribution in [-0.2, 0) is 30.7 Å². The summed E-state index contributed by atoms with van der Waals surface area (Å²) in [5.74, 6) is 0.335. The van der Waals surface area contributed by atoms with Crippen LogP contribution in [-0.4, -0.2) is 29.3 Å². The summed E-state index contributed by atoms with van der Waals surface area (Å²) in [6.45, 7) is 2.06. The first-order valence-corrected chi connectivity index (χ1v) is 6.22. The Hall–Kier alpha value is -1.21. The average molecular weight is 275 g/mol. The fourth-order valence-electron chi connectivity index (χ4n) is 2.08. The maximum atomic E-state index is 12.0. The monoisotopic (exact) mass is 275 g/mol. The van der Waals surface area contributed by atoms with Gasteiger partial charge in [0.15, 0.2) is 5.82 Å². The molecule has 0 saturated heterocycles. The molecule has 1 aromatic heterocycles. The normalized spacial score (nSPS) is 15.4. The summed E-state index contributed by atoms with van der Waals surface area (Å²) >= 11 is 0. The number of hydrogen-bond donors (Lipinski definition) is 1. The maximum Gasteiger partial charge on any atom is 0.411 e. The second kappa shape index (κ2) is 5.83. The van der Waals surface area contributed by atoms with Gasteiger partial charge in [0, 0.05) is 30.8 Å². The van der Waals surface area contributed by atoms with Crippen molar-refractivity contribution in [1.29, 1.82) is 0 Å². The molecule has 19 heavy (non-hydrogen) atoms. The molecule has 0 saturated carbocycles. The number of nitrogens with zero attached hydrogens (tertiary/aromatic N) is 2. The molecule has 0 aliphatic carbocycles. The summed E-state index contributed by atoms with van der Waals surface area (Å²) in [6.07, 6.45) is -2.80. The van der Waals surface area contributed by atoms with Crippen LogP contribution in [0.4, 0.5) is 13.2 Å². The number of aromatic nitrogens is 2. The van der Waals surface area contributed by atoms with Gasteiger partial charge in [-0.2, -0.15) is 13.2 Å². The minimum Gasteiger partial charge on any atom is -0.364 e. The largest absolute Gasteiger partial charge is 0.411 e. The summed E-state index contributed by atoms with van der Waals surface area (Å²) < 4.78 is 40.6. The topological polar surface area (TPSA) is 47.0 Å². The van der Waals surface area contributed by atoms with Crippen LogP contribution in [0, 0.1) is 0 Å². The van der Waals surface area contributed by atoms with Crippen molar-refractivity contribution in [1.82, 2.24) is 15.3 Å². The number of nitrogens with one attached hydrogen (secondary N) is 1. The molecule has 0 atom stereocenters. The van der Waals surface area contributed by atoms with Crippen molar-refractivity contribution >= 4 is 0 Å². The van der Waals surface area contributed by atoms with Crippen molar-refractivity contribution in [2.75, 3.05) is 13.2 Å². The molecule has 1 aliphatic heterocycles. The molecule has 0 spiro atoms. The zero-order valence-electron chi connectivity index (χ0n) is 10.7. The highest BCUT2D eigenvalue weighted by Gasteiger charge is 2.27. The third-order valence-electron chi connectivity index (χ3n) is 2.90. The first kappa shape index (κ1) is 14.2. The maximum absolute atomic E-state index is 12.0. The third-order valence-corrected chi connectivity index (χ3v) is 2.90. The standard InChI is InChI=1S/C12H16F3N3O/c1-2-9-8-5-16-4-3-10(8)18-11(17-9)6-19-7-12(13,14)15/h16H,2-7H2,1H3. The Balaban J connectivity index is 2.09. The summed E-state index contributed by atoms with van der Waals surface area (Å²) in [6, 6.07) is 0. The van der Waals surface area contributed by atoms with E-state index in [1.807, 2.05) is 6.92 Å². The molecular weight excluding hydrogens is 259 g/mol. The van der Waals surface area contributed by atoms with Gasteiger partial charge in [-0.15, -0.1) is 0 Å². The lowest BCUT2D eigenvalue weighted by Crippen LogP contribution is -2.27. The van der Waals surface area contributed by atoms with Gasteiger partial charge >= 0.3 is 6.18 Å². The van der Waals surface area contributed by atoms with E-state index in [1.165, 1.54) is 0 Å². The molecule has 2 heterocycles. The molecule has 0 bridgehead atoms. The quantitative estimate of drug-likeness (QED) is 0.909. The fourth-order valence-corrected chi connectivity index (χ4v) is 2.08. The van der Waals surface area contributed by atoms with Gasteiger partial charge in [0.25, 0.3) is 0 Å². The Morgan fingerprint density at radius 2 is 2.11 bits per heavy atom. The molecule has 1 aromatic rings. The van der Waals surface area contributed by atoms with E-state index in [0.717, 1.165) is 42.9 Å². The van der Waals surface area contributed by atoms with Gasteiger partial charge in [-0.05, 0) is 6.42 Å². The summed E-state index contributed by atoms with van der Waals surface area (Å²) in [5.41, 5.74) is 2.90. The highest BCUT2D eigenvalue weighted by atomic mass is 19.4. The van der Waals surface area contributed by atoms with E-state index >= 15 is 0 Å². The Labute approximate surface area is 109 Å². The molecule has 7 heteroatoms. The van der Waals surface area contributed by atoms with Crippen LogP contribution < -0.4 is 5.32 Å². The zero-order valence-corrected chi connectivity index (χ0v) is 10.7. The smallest absolute Gasteiger partial charge is 0.364 e. The Morgan fingerprint density at radius 3 is 2.79 bits per heavy atom. The fraction of sp³-hybridized carbons (Fsp3) is 0.667. The number of hydrogen-bond acceptors (Lipinski definition) is 4. The highest BCUT2D eigenvalue weighted by molar-refractivity contribution is 5.28. The zero-order chi connectivity index (χ0) is 13.9. The molecule has 0 radical (unpaired) electrons. The Kier molecular flexibility index (Phi) is 4.36. The minimum atomic E-state index is -4.31. The summed E-state index contributed by atoms with van der Waals surface area (Å²) in [7, 11) is 0. The van der Waals surface area contributed by atoms with Crippen molar-refractivity contribution in [2.24, 2.45) is 0 Å². The van der Waals surface area contributed by atoms with Crippen LogP contribution in [0.3, 0.4) is 0 Å². The molecule has 2 rings (SSSR count). The van der Waals surface area contributed by atoms with Gasteiger partial charge in [-0.25, -0.2) is 9.97 Å². The van der Waals surface area contributed by atoms with E-state index in [2.05, 4.69) is 20.0 Å². The molecular formula is C12H16F3N3O. The second-order valence-electron chi connectivity index (χ2n) is 4.40. The molecule has 106 valence electrons. The highest BCUT2D eigenvalue weighted by Crippen LogP contribution is 2.18. The van der Waals surface area contributed by atoms with Crippen molar-refractivity contribution in [3.05, 3.63) is 22.8 Å². The lowest BCUT2D eigenvalue weighted by atomic mass is 10.0. The lowest BCUT2D eigenvalue weighted by molar-refractivity contribution is -0.177. The lowest BCUT2D eigenvalue weighted by Gasteiger charge is -2.19. The van der Waals surface area contributed by atoms with E-state index in [0.29, 0.717) is 5.82 Å². The Morgan fingerprint density at radius 1 is 1.32 bits per heavy atom. The van der Waals surface area contributed by atoms with Crippen LogP contribution in [0.15, 0.2) is 0 Å². The summed E-state index contributed by atoms with van der Waals surface area (Å²) in [4.78, 5) is 8.58. The summed E-state index contributed by atoms with van der Waals surface area (Å²) in [5, 5.41) is 3.24. The molecule has 1 aliphatic rings. The molecule has 1 N–H and O–H groups in total. The van der Waals surface area contributed by atoms with Crippen molar-refractivity contribution < 1.29 is 17.9 Å². The second-order valence-corrected chi connectivity index (χ2v) is 4.40. The van der Waals surface area contributed by atoms with Gasteiger partial charge in [0.05, 0.1) is 5.69 Å². The number of rotatable bonds is 4. The molecule has 0 fully saturated rings. The average Bonchev–Trinajstić information content (AvgIpc) is 2.36. The number of halogens is 3. The van der Waals surface area contributed by atoms with Gasteiger partial charge < -0.3 is 10.1 Å². The molecule has 0 unspecified atom stereocenters. The third kappa shape index (κ3) is 3.87. The van der Waals surface area contributed by atoms with Crippen molar-refractivity contribution in [3.8, 4) is 0 Å². The van der Waals surface area contributed by atoms with Crippen LogP contribution in [0.5, 0.6) is 0 Å².